The first-order valence-electron chi connectivity index (χ1n) is 8.55. The largest absolute Gasteiger partial charge is 0.507 e. The van der Waals surface area contributed by atoms with Gasteiger partial charge in [-0.25, -0.2) is 4.79 Å². The molecule has 0 aliphatic rings. The maximum atomic E-state index is 12.8. The van der Waals surface area contributed by atoms with Crippen LogP contribution in [0.25, 0.3) is 0 Å². The normalized spacial score (nSPS) is 10.4. The van der Waals surface area contributed by atoms with E-state index in [1.54, 1.807) is 18.2 Å². The molecule has 0 amide bonds. The number of rotatable bonds is 6. The highest BCUT2D eigenvalue weighted by Crippen LogP contribution is 2.31. The second kappa shape index (κ2) is 7.74. The Kier molecular flexibility index (Phi) is 5.22. The average Bonchev–Trinajstić information content (AvgIpc) is 2.69. The highest BCUT2D eigenvalue weighted by atomic mass is 16.4. The Morgan fingerprint density at radius 1 is 0.815 bits per heavy atom. The molecule has 0 saturated heterocycles. The summed E-state index contributed by atoms with van der Waals surface area (Å²) >= 11 is 0. The Labute approximate surface area is 157 Å². The third-order valence-electron chi connectivity index (χ3n) is 4.32. The fourth-order valence-electron chi connectivity index (χ4n) is 3.01. The number of para-hydroxylation sites is 1. The molecule has 0 spiro atoms. The molecule has 5 nitrogen and oxygen atoms in total. The molecule has 0 saturated carbocycles. The molecule has 0 aliphatic carbocycles. The number of hydrogen-bond acceptors (Lipinski definition) is 4. The number of aromatic carboxylic acids is 1. The summed E-state index contributed by atoms with van der Waals surface area (Å²) in [4.78, 5) is 26.1. The van der Waals surface area contributed by atoms with Gasteiger partial charge in [0, 0.05) is 29.5 Å². The van der Waals surface area contributed by atoms with Crippen LogP contribution < -0.4 is 4.90 Å². The second-order valence-electron chi connectivity index (χ2n) is 5.96. The summed E-state index contributed by atoms with van der Waals surface area (Å²) in [6, 6.07) is 20.5. The number of aromatic hydroxyl groups is 1. The van der Waals surface area contributed by atoms with Crippen LogP contribution in [0, 0.1) is 0 Å². The average molecular weight is 361 g/mol. The quantitative estimate of drug-likeness (QED) is 0.633. The Morgan fingerprint density at radius 3 is 2.04 bits per heavy atom. The Balaban J connectivity index is 1.98. The lowest BCUT2D eigenvalue weighted by atomic mass is 9.97. The first kappa shape index (κ1) is 18.2. The zero-order valence-electron chi connectivity index (χ0n) is 14.8. The summed E-state index contributed by atoms with van der Waals surface area (Å²) in [6.45, 7) is 2.67. The van der Waals surface area contributed by atoms with Crippen molar-refractivity contribution in [3.8, 4) is 5.75 Å². The smallest absolute Gasteiger partial charge is 0.336 e. The lowest BCUT2D eigenvalue weighted by Crippen LogP contribution is -2.16. The fraction of sp³-hybridized carbons (Fsp3) is 0.0909. The third-order valence-corrected chi connectivity index (χ3v) is 4.32. The summed E-state index contributed by atoms with van der Waals surface area (Å²) in [5, 5.41) is 19.7. The van der Waals surface area contributed by atoms with Crippen LogP contribution in [0.4, 0.5) is 11.4 Å². The Hall–Kier alpha value is -3.60. The molecule has 0 atom stereocenters. The Morgan fingerprint density at radius 2 is 1.44 bits per heavy atom. The lowest BCUT2D eigenvalue weighted by Gasteiger charge is -2.23. The van der Waals surface area contributed by atoms with Crippen molar-refractivity contribution in [3.63, 3.8) is 0 Å². The van der Waals surface area contributed by atoms with Gasteiger partial charge in [-0.2, -0.15) is 0 Å². The van der Waals surface area contributed by atoms with Crippen LogP contribution in [-0.4, -0.2) is 28.5 Å². The highest BCUT2D eigenvalue weighted by Gasteiger charge is 2.20. The molecule has 0 aromatic heterocycles. The molecular weight excluding hydrogens is 342 g/mol. The number of hydrogen-bond donors (Lipinski definition) is 2. The van der Waals surface area contributed by atoms with E-state index in [4.69, 9.17) is 0 Å². The highest BCUT2D eigenvalue weighted by molar-refractivity contribution is 6.15. The van der Waals surface area contributed by atoms with E-state index in [9.17, 15) is 19.8 Å². The van der Waals surface area contributed by atoms with E-state index in [1.807, 2.05) is 42.2 Å². The summed E-state index contributed by atoms with van der Waals surface area (Å²) in [6.07, 6.45) is 0. The van der Waals surface area contributed by atoms with Crippen LogP contribution in [0.1, 0.15) is 33.2 Å². The maximum Gasteiger partial charge on any atom is 0.336 e. The lowest BCUT2D eigenvalue weighted by molar-refractivity contribution is 0.0692. The van der Waals surface area contributed by atoms with Gasteiger partial charge in [0.1, 0.15) is 5.75 Å². The molecule has 136 valence electrons. The van der Waals surface area contributed by atoms with Crippen molar-refractivity contribution in [2.45, 2.75) is 6.92 Å². The first-order valence-corrected chi connectivity index (χ1v) is 8.55. The standard InChI is InChI=1S/C22H19NO4/c1-2-23(15-8-4-3-5-9-15)16-12-13-19(20(24)14-16)21(25)17-10-6-7-11-18(17)22(26)27/h3-14,24H,2H2,1H3,(H,26,27). The van der Waals surface area contributed by atoms with Crippen molar-refractivity contribution >= 4 is 23.1 Å². The van der Waals surface area contributed by atoms with Gasteiger partial charge < -0.3 is 15.1 Å². The van der Waals surface area contributed by atoms with Gasteiger partial charge in [-0.1, -0.05) is 36.4 Å². The summed E-state index contributed by atoms with van der Waals surface area (Å²) in [5.74, 6) is -1.90. The van der Waals surface area contributed by atoms with Gasteiger partial charge in [0.05, 0.1) is 11.1 Å². The molecule has 0 bridgehead atoms. The molecule has 27 heavy (non-hydrogen) atoms. The zero-order valence-corrected chi connectivity index (χ0v) is 14.8. The maximum absolute atomic E-state index is 12.8. The van der Waals surface area contributed by atoms with E-state index in [-0.39, 0.29) is 22.4 Å². The molecular formula is C22H19NO4. The van der Waals surface area contributed by atoms with E-state index in [0.717, 1.165) is 11.4 Å². The van der Waals surface area contributed by atoms with Crippen LogP contribution in [0.5, 0.6) is 5.75 Å². The molecule has 0 unspecified atom stereocenters. The van der Waals surface area contributed by atoms with Crippen molar-refractivity contribution in [2.75, 3.05) is 11.4 Å². The molecule has 3 aromatic rings. The Bertz CT molecular complexity index is 983. The summed E-state index contributed by atoms with van der Waals surface area (Å²) < 4.78 is 0. The van der Waals surface area contributed by atoms with Crippen molar-refractivity contribution in [2.24, 2.45) is 0 Å². The van der Waals surface area contributed by atoms with E-state index in [2.05, 4.69) is 0 Å². The van der Waals surface area contributed by atoms with E-state index < -0.39 is 11.8 Å². The number of carbonyl (C=O) groups excluding carboxylic acids is 1. The number of benzene rings is 3. The summed E-state index contributed by atoms with van der Waals surface area (Å²) in [5.41, 5.74) is 1.73. The van der Waals surface area contributed by atoms with Crippen LogP contribution in [0.15, 0.2) is 72.8 Å². The van der Waals surface area contributed by atoms with Crippen LogP contribution in [-0.2, 0) is 0 Å². The van der Waals surface area contributed by atoms with Gasteiger partial charge in [0.15, 0.2) is 5.78 Å². The zero-order chi connectivity index (χ0) is 19.4. The number of ketones is 1. The number of carbonyl (C=O) groups is 2. The first-order chi connectivity index (χ1) is 13.0. The minimum absolute atomic E-state index is 0.0449. The number of anilines is 2. The van der Waals surface area contributed by atoms with Gasteiger partial charge >= 0.3 is 5.97 Å². The van der Waals surface area contributed by atoms with Crippen molar-refractivity contribution in [1.29, 1.82) is 0 Å². The van der Waals surface area contributed by atoms with Crippen LogP contribution in [0.3, 0.4) is 0 Å². The number of nitrogens with zero attached hydrogens (tertiary/aromatic N) is 1. The minimum Gasteiger partial charge on any atom is -0.507 e. The number of carboxylic acids is 1. The van der Waals surface area contributed by atoms with Crippen LogP contribution in [0.2, 0.25) is 0 Å². The number of phenols is 1. The van der Waals surface area contributed by atoms with Gasteiger partial charge in [-0.05, 0) is 37.3 Å². The molecule has 5 heteroatoms. The van der Waals surface area contributed by atoms with Gasteiger partial charge in [0.25, 0.3) is 0 Å². The fourth-order valence-corrected chi connectivity index (χ4v) is 3.01. The molecule has 3 aromatic carbocycles. The predicted octanol–water partition coefficient (Wildman–Crippen LogP) is 4.48. The van der Waals surface area contributed by atoms with E-state index in [0.29, 0.717) is 6.54 Å². The summed E-state index contributed by atoms with van der Waals surface area (Å²) in [7, 11) is 0. The molecule has 0 aliphatic heterocycles. The number of carboxylic acid groups (broad SMARTS) is 1. The topological polar surface area (TPSA) is 77.8 Å². The van der Waals surface area contributed by atoms with Gasteiger partial charge in [-0.15, -0.1) is 0 Å². The molecule has 0 radical (unpaired) electrons. The monoisotopic (exact) mass is 361 g/mol. The van der Waals surface area contributed by atoms with Crippen molar-refractivity contribution in [3.05, 3.63) is 89.5 Å². The predicted molar refractivity (Wildman–Crippen MR) is 104 cm³/mol. The molecule has 0 fully saturated rings. The SMILES string of the molecule is CCN(c1ccccc1)c1ccc(C(=O)c2ccccc2C(=O)O)c(O)c1. The number of phenolic OH excluding ortho intramolecular Hbond substituents is 1. The van der Waals surface area contributed by atoms with Crippen molar-refractivity contribution in [1.82, 2.24) is 0 Å². The minimum atomic E-state index is -1.18. The van der Waals surface area contributed by atoms with Gasteiger partial charge in [-0.3, -0.25) is 4.79 Å². The molecule has 2 N–H and O–H groups in total. The van der Waals surface area contributed by atoms with E-state index >= 15 is 0 Å². The third kappa shape index (κ3) is 3.67. The van der Waals surface area contributed by atoms with Crippen LogP contribution >= 0.6 is 0 Å². The second-order valence-corrected chi connectivity index (χ2v) is 5.96. The van der Waals surface area contributed by atoms with E-state index in [1.165, 1.54) is 24.3 Å². The van der Waals surface area contributed by atoms with Gasteiger partial charge in [0.2, 0.25) is 0 Å². The molecule has 3 rings (SSSR count). The van der Waals surface area contributed by atoms with Crippen molar-refractivity contribution < 1.29 is 19.8 Å². The molecule has 0 heterocycles.